The summed E-state index contributed by atoms with van der Waals surface area (Å²) in [4.78, 5) is 24.6. The SMILES string of the molecule is C[C@@H]1CCC(=O)CN1C(OC(=O)Cl)c1ccccc1. The van der Waals surface area contributed by atoms with Gasteiger partial charge in [-0.05, 0) is 13.3 Å². The minimum Gasteiger partial charge on any atom is -0.430 e. The Hall–Kier alpha value is -1.39. The van der Waals surface area contributed by atoms with Crippen molar-refractivity contribution in [2.75, 3.05) is 6.54 Å². The zero-order valence-corrected chi connectivity index (χ0v) is 11.5. The lowest BCUT2D eigenvalue weighted by atomic mass is 10.0. The lowest BCUT2D eigenvalue weighted by molar-refractivity contribution is -0.129. The molecule has 1 aromatic carbocycles. The predicted octanol–water partition coefficient (Wildman–Crippen LogP) is 3.11. The first kappa shape index (κ1) is 14.0. The van der Waals surface area contributed by atoms with E-state index in [0.29, 0.717) is 6.42 Å². The largest absolute Gasteiger partial charge is 0.430 e. The third-order valence-corrected chi connectivity index (χ3v) is 3.45. The number of Topliss-reactive ketones (excluding diaryl/α,β-unsaturated/α-hetero) is 1. The molecular formula is C14H16ClNO3. The number of rotatable bonds is 3. The van der Waals surface area contributed by atoms with Crippen LogP contribution < -0.4 is 0 Å². The molecule has 2 rings (SSSR count). The third-order valence-electron chi connectivity index (χ3n) is 3.36. The number of nitrogens with zero attached hydrogens (tertiary/aromatic N) is 1. The average Bonchev–Trinajstić information content (AvgIpc) is 2.40. The molecule has 0 bridgehead atoms. The van der Waals surface area contributed by atoms with Crippen molar-refractivity contribution in [3.05, 3.63) is 35.9 Å². The summed E-state index contributed by atoms with van der Waals surface area (Å²) in [5, 5.41) is 0. The van der Waals surface area contributed by atoms with Gasteiger partial charge in [0.05, 0.1) is 6.54 Å². The average molecular weight is 282 g/mol. The molecule has 0 aromatic heterocycles. The Bertz CT molecular complexity index is 463. The Morgan fingerprint density at radius 2 is 2.11 bits per heavy atom. The fourth-order valence-corrected chi connectivity index (χ4v) is 2.41. The van der Waals surface area contributed by atoms with Crippen LogP contribution in [-0.2, 0) is 9.53 Å². The summed E-state index contributed by atoms with van der Waals surface area (Å²) in [5.74, 6) is 0.157. The zero-order valence-electron chi connectivity index (χ0n) is 10.7. The predicted molar refractivity (Wildman–Crippen MR) is 71.9 cm³/mol. The van der Waals surface area contributed by atoms with E-state index in [1.807, 2.05) is 42.2 Å². The number of halogens is 1. The maximum atomic E-state index is 11.6. The molecule has 1 saturated heterocycles. The molecule has 5 heteroatoms. The summed E-state index contributed by atoms with van der Waals surface area (Å²) >= 11 is 5.35. The van der Waals surface area contributed by atoms with E-state index >= 15 is 0 Å². The van der Waals surface area contributed by atoms with Gasteiger partial charge in [-0.15, -0.1) is 0 Å². The maximum Gasteiger partial charge on any atom is 0.405 e. The monoisotopic (exact) mass is 281 g/mol. The van der Waals surface area contributed by atoms with Crippen molar-refractivity contribution in [1.29, 1.82) is 0 Å². The van der Waals surface area contributed by atoms with Gasteiger partial charge in [0.2, 0.25) is 0 Å². The number of hydrogen-bond donors (Lipinski definition) is 0. The second kappa shape index (κ2) is 6.17. The summed E-state index contributed by atoms with van der Waals surface area (Å²) in [5.41, 5.74) is -0.0443. The molecule has 0 radical (unpaired) electrons. The normalized spacial score (nSPS) is 22.0. The van der Waals surface area contributed by atoms with E-state index in [1.165, 1.54) is 0 Å². The second-order valence-corrected chi connectivity index (χ2v) is 5.03. The number of hydrogen-bond acceptors (Lipinski definition) is 4. The van der Waals surface area contributed by atoms with Crippen LogP contribution in [-0.4, -0.2) is 28.7 Å². The first-order chi connectivity index (χ1) is 9.08. The first-order valence-corrected chi connectivity index (χ1v) is 6.64. The molecule has 19 heavy (non-hydrogen) atoms. The van der Waals surface area contributed by atoms with Crippen molar-refractivity contribution in [3.8, 4) is 0 Å². The van der Waals surface area contributed by atoms with Crippen LogP contribution >= 0.6 is 11.6 Å². The molecule has 1 unspecified atom stereocenters. The maximum absolute atomic E-state index is 11.6. The van der Waals surface area contributed by atoms with Gasteiger partial charge in [0.25, 0.3) is 0 Å². The Morgan fingerprint density at radius 1 is 1.42 bits per heavy atom. The highest BCUT2D eigenvalue weighted by atomic mass is 35.5. The van der Waals surface area contributed by atoms with E-state index in [-0.39, 0.29) is 18.4 Å². The van der Waals surface area contributed by atoms with Gasteiger partial charge in [-0.25, -0.2) is 4.79 Å². The molecular weight excluding hydrogens is 266 g/mol. The van der Waals surface area contributed by atoms with Crippen LogP contribution in [0.1, 0.15) is 31.6 Å². The molecule has 1 heterocycles. The molecule has 0 aliphatic carbocycles. The minimum atomic E-state index is -0.862. The Kier molecular flexibility index (Phi) is 4.56. The highest BCUT2D eigenvalue weighted by Gasteiger charge is 2.32. The number of likely N-dealkylation sites (tertiary alicyclic amines) is 1. The fourth-order valence-electron chi connectivity index (χ4n) is 2.32. The van der Waals surface area contributed by atoms with Crippen molar-refractivity contribution in [2.24, 2.45) is 0 Å². The Labute approximate surface area is 117 Å². The van der Waals surface area contributed by atoms with E-state index in [0.717, 1.165) is 12.0 Å². The molecule has 1 aromatic rings. The number of ketones is 1. The Morgan fingerprint density at radius 3 is 2.74 bits per heavy atom. The van der Waals surface area contributed by atoms with Gasteiger partial charge < -0.3 is 4.74 Å². The quantitative estimate of drug-likeness (QED) is 0.799. The number of carbonyl (C=O) groups is 2. The van der Waals surface area contributed by atoms with Crippen LogP contribution in [0.2, 0.25) is 0 Å². The molecule has 0 saturated carbocycles. The van der Waals surface area contributed by atoms with E-state index < -0.39 is 11.7 Å². The number of benzene rings is 1. The third kappa shape index (κ3) is 3.55. The fraction of sp³-hybridized carbons (Fsp3) is 0.429. The first-order valence-electron chi connectivity index (χ1n) is 6.26. The van der Waals surface area contributed by atoms with Crippen LogP contribution in [0, 0.1) is 0 Å². The van der Waals surface area contributed by atoms with Crippen LogP contribution in [0.15, 0.2) is 30.3 Å². The summed E-state index contributed by atoms with van der Waals surface area (Å²) in [6.45, 7) is 2.30. The molecule has 4 nitrogen and oxygen atoms in total. The molecule has 1 aliphatic heterocycles. The Balaban J connectivity index is 2.26. The van der Waals surface area contributed by atoms with E-state index in [4.69, 9.17) is 16.3 Å². The van der Waals surface area contributed by atoms with Gasteiger partial charge in [-0.1, -0.05) is 30.3 Å². The summed E-state index contributed by atoms with van der Waals surface area (Å²) in [7, 11) is 0. The summed E-state index contributed by atoms with van der Waals surface area (Å²) in [6, 6.07) is 9.49. The smallest absolute Gasteiger partial charge is 0.405 e. The summed E-state index contributed by atoms with van der Waals surface area (Å²) in [6.07, 6.45) is 0.737. The standard InChI is InChI=1S/C14H16ClNO3/c1-10-7-8-12(17)9-16(10)13(19-14(15)18)11-5-3-2-4-6-11/h2-6,10,13H,7-9H2,1H3/t10-,13?/m1/s1. The van der Waals surface area contributed by atoms with Crippen LogP contribution in [0.25, 0.3) is 0 Å². The molecule has 0 amide bonds. The van der Waals surface area contributed by atoms with Crippen molar-refractivity contribution < 1.29 is 14.3 Å². The molecule has 1 aliphatic rings. The van der Waals surface area contributed by atoms with E-state index in [9.17, 15) is 9.59 Å². The second-order valence-electron chi connectivity index (χ2n) is 4.72. The van der Waals surface area contributed by atoms with Crippen molar-refractivity contribution in [1.82, 2.24) is 4.90 Å². The van der Waals surface area contributed by atoms with Crippen molar-refractivity contribution in [3.63, 3.8) is 0 Å². The van der Waals surface area contributed by atoms with Gasteiger partial charge in [-0.3, -0.25) is 9.69 Å². The van der Waals surface area contributed by atoms with Crippen molar-refractivity contribution in [2.45, 2.75) is 32.0 Å². The highest BCUT2D eigenvalue weighted by Crippen LogP contribution is 2.29. The highest BCUT2D eigenvalue weighted by molar-refractivity contribution is 6.61. The lowest BCUT2D eigenvalue weighted by Gasteiger charge is -2.37. The van der Waals surface area contributed by atoms with Gasteiger partial charge >= 0.3 is 5.43 Å². The van der Waals surface area contributed by atoms with E-state index in [1.54, 1.807) is 0 Å². The zero-order chi connectivity index (χ0) is 13.8. The number of ether oxygens (including phenoxy) is 1. The number of carbonyl (C=O) groups excluding carboxylic acids is 2. The summed E-state index contributed by atoms with van der Waals surface area (Å²) < 4.78 is 5.19. The molecule has 1 fully saturated rings. The molecule has 0 spiro atoms. The van der Waals surface area contributed by atoms with Crippen LogP contribution in [0.4, 0.5) is 4.79 Å². The lowest BCUT2D eigenvalue weighted by Crippen LogP contribution is -2.45. The number of piperidine rings is 1. The minimum absolute atomic E-state index is 0.157. The molecule has 0 N–H and O–H groups in total. The van der Waals surface area contributed by atoms with Gasteiger partial charge in [0, 0.05) is 29.6 Å². The van der Waals surface area contributed by atoms with Crippen LogP contribution in [0.3, 0.4) is 0 Å². The van der Waals surface area contributed by atoms with E-state index in [2.05, 4.69) is 0 Å². The van der Waals surface area contributed by atoms with Gasteiger partial charge in [-0.2, -0.15) is 0 Å². The van der Waals surface area contributed by atoms with Gasteiger partial charge in [0.1, 0.15) is 5.78 Å². The van der Waals surface area contributed by atoms with Crippen molar-refractivity contribution >= 4 is 22.8 Å². The molecule has 102 valence electrons. The van der Waals surface area contributed by atoms with Crippen LogP contribution in [0.5, 0.6) is 0 Å². The van der Waals surface area contributed by atoms with Gasteiger partial charge in [0.15, 0.2) is 6.23 Å². The topological polar surface area (TPSA) is 46.6 Å². The molecule has 2 atom stereocenters.